The molecule has 0 bridgehead atoms. The average molecular weight is 528 g/mol. The van der Waals surface area contributed by atoms with Crippen molar-refractivity contribution < 1.29 is 9.90 Å². The van der Waals surface area contributed by atoms with Crippen molar-refractivity contribution in [2.45, 2.75) is 84.1 Å². The summed E-state index contributed by atoms with van der Waals surface area (Å²) in [7, 11) is 0. The Bertz CT molecular complexity index is 1340. The molecule has 2 aromatic carbocycles. The van der Waals surface area contributed by atoms with Gasteiger partial charge < -0.3 is 19.5 Å². The van der Waals surface area contributed by atoms with Crippen LogP contribution in [0.5, 0.6) is 0 Å². The summed E-state index contributed by atoms with van der Waals surface area (Å²) < 4.78 is 2.47. The fourth-order valence-corrected chi connectivity index (χ4v) is 7.69. The molecule has 6 rings (SSSR count). The number of piperidine rings is 1. The van der Waals surface area contributed by atoms with Crippen LogP contribution in [0.4, 0.5) is 5.69 Å². The van der Waals surface area contributed by atoms with Gasteiger partial charge in [-0.2, -0.15) is 0 Å². The second-order valence-electron chi connectivity index (χ2n) is 12.4. The summed E-state index contributed by atoms with van der Waals surface area (Å²) in [6.45, 7) is 11.1. The molecule has 0 spiro atoms. The summed E-state index contributed by atoms with van der Waals surface area (Å²) in [6.07, 6.45) is 11.6. The molecule has 3 aliphatic rings. The molecule has 1 atom stereocenters. The highest BCUT2D eigenvalue weighted by molar-refractivity contribution is 5.99. The van der Waals surface area contributed by atoms with Crippen molar-refractivity contribution >= 4 is 22.6 Å². The Balaban J connectivity index is 1.38. The average Bonchev–Trinajstić information content (AvgIpc) is 3.20. The first kappa shape index (κ1) is 26.4. The molecule has 39 heavy (non-hydrogen) atoms. The molecule has 3 aromatic rings. The molecular weight excluding hydrogens is 482 g/mol. The summed E-state index contributed by atoms with van der Waals surface area (Å²) in [4.78, 5) is 17.3. The highest BCUT2D eigenvalue weighted by atomic mass is 16.4. The molecule has 5 nitrogen and oxygen atoms in total. The summed E-state index contributed by atoms with van der Waals surface area (Å²) in [6, 6.07) is 12.8. The van der Waals surface area contributed by atoms with Gasteiger partial charge in [-0.25, -0.2) is 4.79 Å². The molecule has 0 radical (unpaired) electrons. The van der Waals surface area contributed by atoms with Crippen LogP contribution in [-0.2, 0) is 6.54 Å². The van der Waals surface area contributed by atoms with Crippen LogP contribution in [0.3, 0.4) is 0 Å². The Morgan fingerprint density at radius 1 is 0.949 bits per heavy atom. The standard InChI is InChI=1S/C34H45N3O2/c1-3-25-9-7-16-35(23-25)17-8-18-36-19-20-37-31-22-27(34(38)39)13-15-28(31)32(26-10-5-4-6-11-26)33(37)29-14-12-24(2)21-30(29)36/h12-15,21-22,25-26H,3-11,16-20,23H2,1-2H3,(H,38,39). The number of aromatic nitrogens is 1. The second-order valence-corrected chi connectivity index (χ2v) is 12.4. The number of aromatic carboxylic acids is 1. The lowest BCUT2D eigenvalue weighted by Crippen LogP contribution is -2.37. The number of likely N-dealkylation sites (tertiary alicyclic amines) is 1. The van der Waals surface area contributed by atoms with Gasteiger partial charge in [0.2, 0.25) is 0 Å². The van der Waals surface area contributed by atoms with Gasteiger partial charge in [0, 0.05) is 48.3 Å². The number of hydrogen-bond donors (Lipinski definition) is 1. The van der Waals surface area contributed by atoms with Gasteiger partial charge >= 0.3 is 5.97 Å². The highest BCUT2D eigenvalue weighted by Gasteiger charge is 2.31. The first-order valence-electron chi connectivity index (χ1n) is 15.5. The molecule has 1 unspecified atom stereocenters. The number of fused-ring (bicyclic) bond motifs is 5. The van der Waals surface area contributed by atoms with Crippen molar-refractivity contribution in [1.82, 2.24) is 9.47 Å². The highest BCUT2D eigenvalue weighted by Crippen LogP contribution is 2.47. The molecule has 1 N–H and O–H groups in total. The van der Waals surface area contributed by atoms with Crippen LogP contribution < -0.4 is 4.90 Å². The number of carbonyl (C=O) groups is 1. The van der Waals surface area contributed by atoms with E-state index in [1.54, 1.807) is 0 Å². The third-order valence-corrected chi connectivity index (χ3v) is 9.79. The van der Waals surface area contributed by atoms with E-state index < -0.39 is 5.97 Å². The van der Waals surface area contributed by atoms with Gasteiger partial charge in [-0.05, 0) is 93.3 Å². The van der Waals surface area contributed by atoms with E-state index in [4.69, 9.17) is 0 Å². The van der Waals surface area contributed by atoms with E-state index in [1.165, 1.54) is 111 Å². The lowest BCUT2D eigenvalue weighted by molar-refractivity contribution is 0.0697. The first-order valence-corrected chi connectivity index (χ1v) is 15.5. The van der Waals surface area contributed by atoms with Crippen molar-refractivity contribution in [2.75, 3.05) is 37.6 Å². The fourth-order valence-electron chi connectivity index (χ4n) is 7.69. The van der Waals surface area contributed by atoms with Gasteiger partial charge in [0.1, 0.15) is 0 Å². The Labute approximate surface area is 233 Å². The predicted molar refractivity (Wildman–Crippen MR) is 161 cm³/mol. The predicted octanol–water partition coefficient (Wildman–Crippen LogP) is 7.69. The number of hydrogen-bond acceptors (Lipinski definition) is 3. The number of carboxylic acid groups (broad SMARTS) is 1. The zero-order valence-corrected chi connectivity index (χ0v) is 23.9. The van der Waals surface area contributed by atoms with E-state index in [0.717, 1.165) is 31.1 Å². The molecule has 2 fully saturated rings. The third kappa shape index (κ3) is 5.23. The molecule has 5 heteroatoms. The molecule has 2 aliphatic heterocycles. The normalized spacial score (nSPS) is 20.6. The van der Waals surface area contributed by atoms with Crippen LogP contribution in [0.15, 0.2) is 36.4 Å². The summed E-state index contributed by atoms with van der Waals surface area (Å²) in [5, 5.41) is 11.1. The molecule has 1 aliphatic carbocycles. The summed E-state index contributed by atoms with van der Waals surface area (Å²) in [5.41, 5.74) is 8.28. The van der Waals surface area contributed by atoms with Crippen LogP contribution in [0.25, 0.3) is 22.2 Å². The van der Waals surface area contributed by atoms with Gasteiger partial charge in [0.15, 0.2) is 0 Å². The van der Waals surface area contributed by atoms with Gasteiger partial charge in [-0.1, -0.05) is 50.8 Å². The number of rotatable bonds is 7. The van der Waals surface area contributed by atoms with Crippen LogP contribution in [0.2, 0.25) is 0 Å². The lowest BCUT2D eigenvalue weighted by atomic mass is 9.81. The van der Waals surface area contributed by atoms with E-state index in [2.05, 4.69) is 52.5 Å². The zero-order valence-electron chi connectivity index (χ0n) is 23.9. The van der Waals surface area contributed by atoms with E-state index in [-0.39, 0.29) is 0 Å². The van der Waals surface area contributed by atoms with Gasteiger partial charge in [-0.3, -0.25) is 0 Å². The first-order chi connectivity index (χ1) is 19.0. The van der Waals surface area contributed by atoms with E-state index in [1.807, 2.05) is 12.1 Å². The van der Waals surface area contributed by atoms with Crippen molar-refractivity contribution in [3.05, 3.63) is 53.1 Å². The quantitative estimate of drug-likeness (QED) is 0.342. The van der Waals surface area contributed by atoms with Crippen molar-refractivity contribution in [2.24, 2.45) is 5.92 Å². The van der Waals surface area contributed by atoms with E-state index in [9.17, 15) is 9.90 Å². The van der Waals surface area contributed by atoms with Crippen molar-refractivity contribution in [1.29, 1.82) is 0 Å². The number of anilines is 1. The second kappa shape index (κ2) is 11.4. The minimum absolute atomic E-state index is 0.384. The number of benzene rings is 2. The zero-order chi connectivity index (χ0) is 26.9. The number of aryl methyl sites for hydroxylation is 1. The fraction of sp³-hybridized carbons (Fsp3) is 0.559. The molecule has 0 amide bonds. The minimum atomic E-state index is -0.846. The topological polar surface area (TPSA) is 48.7 Å². The van der Waals surface area contributed by atoms with Gasteiger partial charge in [-0.15, -0.1) is 0 Å². The van der Waals surface area contributed by atoms with E-state index >= 15 is 0 Å². The minimum Gasteiger partial charge on any atom is -0.478 e. The SMILES string of the molecule is CCC1CCCN(CCCN2CCn3c(c(C4CCCCC4)c4ccc(C(=O)O)cc43)-c3ccc(C)cc32)C1. The van der Waals surface area contributed by atoms with Gasteiger partial charge in [0.25, 0.3) is 0 Å². The van der Waals surface area contributed by atoms with Gasteiger partial charge in [0.05, 0.1) is 11.3 Å². The third-order valence-electron chi connectivity index (χ3n) is 9.79. The van der Waals surface area contributed by atoms with Crippen LogP contribution in [0.1, 0.15) is 92.1 Å². The van der Waals surface area contributed by atoms with Crippen molar-refractivity contribution in [3.63, 3.8) is 0 Å². The largest absolute Gasteiger partial charge is 0.478 e. The molecule has 1 aromatic heterocycles. The van der Waals surface area contributed by atoms with Crippen molar-refractivity contribution in [3.8, 4) is 11.3 Å². The monoisotopic (exact) mass is 527 g/mol. The lowest BCUT2D eigenvalue weighted by Gasteiger charge is -2.33. The Kier molecular flexibility index (Phi) is 7.70. The van der Waals surface area contributed by atoms with Crippen LogP contribution in [0, 0.1) is 12.8 Å². The Morgan fingerprint density at radius 2 is 1.79 bits per heavy atom. The molecule has 1 saturated heterocycles. The Hall–Kier alpha value is -2.79. The Morgan fingerprint density at radius 3 is 2.59 bits per heavy atom. The van der Waals surface area contributed by atoms with Crippen LogP contribution in [-0.4, -0.2) is 53.3 Å². The summed E-state index contributed by atoms with van der Waals surface area (Å²) >= 11 is 0. The molecule has 208 valence electrons. The number of nitrogens with zero attached hydrogens (tertiary/aromatic N) is 3. The maximum atomic E-state index is 11.9. The smallest absolute Gasteiger partial charge is 0.335 e. The van der Waals surface area contributed by atoms with Crippen LogP contribution >= 0.6 is 0 Å². The molecule has 3 heterocycles. The maximum absolute atomic E-state index is 11.9. The maximum Gasteiger partial charge on any atom is 0.335 e. The van der Waals surface area contributed by atoms with E-state index in [0.29, 0.717) is 11.5 Å². The summed E-state index contributed by atoms with van der Waals surface area (Å²) in [5.74, 6) is 0.564. The number of carboxylic acids is 1. The molecule has 1 saturated carbocycles. The molecular formula is C34H45N3O2.